The van der Waals surface area contributed by atoms with Crippen LogP contribution in [0.1, 0.15) is 59.8 Å². The molecule has 1 N–H and O–H groups in total. The Labute approximate surface area is 159 Å². The van der Waals surface area contributed by atoms with E-state index in [-0.39, 0.29) is 5.41 Å². The van der Waals surface area contributed by atoms with Crippen LogP contribution in [-0.4, -0.2) is 15.0 Å². The molecular formula is C20H35NO2S2. The van der Waals surface area contributed by atoms with Crippen LogP contribution < -0.4 is 4.72 Å². The molecule has 0 aliphatic carbocycles. The molecule has 0 spiro atoms. The number of thiophene rings is 1. The summed E-state index contributed by atoms with van der Waals surface area (Å²) in [5, 5.41) is 2.00. The third-order valence-corrected chi connectivity index (χ3v) is 7.04. The van der Waals surface area contributed by atoms with Crippen LogP contribution in [0.5, 0.6) is 0 Å². The average Bonchev–Trinajstić information content (AvgIpc) is 3.10. The van der Waals surface area contributed by atoms with Gasteiger partial charge in [0.1, 0.15) is 0 Å². The van der Waals surface area contributed by atoms with Gasteiger partial charge in [0.25, 0.3) is 0 Å². The van der Waals surface area contributed by atoms with E-state index >= 15 is 0 Å². The van der Waals surface area contributed by atoms with Crippen molar-refractivity contribution in [1.29, 1.82) is 0 Å². The lowest BCUT2D eigenvalue weighted by Gasteiger charge is -2.28. The predicted octanol–water partition coefficient (Wildman–Crippen LogP) is 5.77. The van der Waals surface area contributed by atoms with Gasteiger partial charge in [0.2, 0.25) is 10.0 Å². The normalized spacial score (nSPS) is 14.3. The Morgan fingerprint density at radius 2 is 2.00 bits per heavy atom. The summed E-state index contributed by atoms with van der Waals surface area (Å²) in [7, 11) is -3.44. The lowest BCUT2D eigenvalue weighted by Crippen LogP contribution is -2.26. The molecule has 0 saturated heterocycles. The van der Waals surface area contributed by atoms with Crippen molar-refractivity contribution in [2.75, 3.05) is 6.54 Å². The Morgan fingerprint density at radius 3 is 2.48 bits per heavy atom. The Balaban J connectivity index is 0.00000277. The van der Waals surface area contributed by atoms with Crippen molar-refractivity contribution in [3.63, 3.8) is 0 Å². The summed E-state index contributed by atoms with van der Waals surface area (Å²) in [6.07, 6.45) is 7.15. The molecule has 0 bridgehead atoms. The minimum absolute atomic E-state index is 0.158. The van der Waals surface area contributed by atoms with Gasteiger partial charge in [-0.25, -0.2) is 13.1 Å². The van der Waals surface area contributed by atoms with Gasteiger partial charge in [0.05, 0.1) is 4.91 Å². The van der Waals surface area contributed by atoms with Crippen molar-refractivity contribution in [2.45, 2.75) is 61.3 Å². The van der Waals surface area contributed by atoms with Gasteiger partial charge in [-0.15, -0.1) is 11.3 Å². The molecule has 0 saturated carbocycles. The summed E-state index contributed by atoms with van der Waals surface area (Å²) in [6, 6.07) is 4.00. The lowest BCUT2D eigenvalue weighted by atomic mass is 9.78. The molecule has 25 heavy (non-hydrogen) atoms. The fourth-order valence-electron chi connectivity index (χ4n) is 2.01. The Bertz CT molecular complexity index is 627. The van der Waals surface area contributed by atoms with E-state index in [1.807, 2.05) is 37.4 Å². The zero-order valence-corrected chi connectivity index (χ0v) is 18.4. The maximum atomic E-state index is 12.4. The third kappa shape index (κ3) is 8.34. The summed E-state index contributed by atoms with van der Waals surface area (Å²) in [4.78, 5) is 1.52. The van der Waals surface area contributed by atoms with Gasteiger partial charge >= 0.3 is 0 Å². The van der Waals surface area contributed by atoms with Crippen LogP contribution in [0.15, 0.2) is 40.6 Å². The molecule has 144 valence electrons. The molecule has 1 atom stereocenters. The summed E-state index contributed by atoms with van der Waals surface area (Å²) in [5.41, 5.74) is 0.158. The number of allylic oxidation sites excluding steroid dienone is 3. The van der Waals surface area contributed by atoms with E-state index in [2.05, 4.69) is 32.4 Å². The Hall–Kier alpha value is -0.910. The van der Waals surface area contributed by atoms with Crippen molar-refractivity contribution >= 4 is 21.4 Å². The number of rotatable bonds is 9. The second-order valence-electron chi connectivity index (χ2n) is 6.41. The molecule has 1 aromatic rings. The maximum Gasteiger partial charge on any atom is 0.240 e. The van der Waals surface area contributed by atoms with Crippen LogP contribution in [0.4, 0.5) is 0 Å². The Kier molecular flexibility index (Phi) is 11.2. The fraction of sp³-hybridized carbons (Fsp3) is 0.600. The molecule has 0 radical (unpaired) electrons. The minimum atomic E-state index is -3.44. The van der Waals surface area contributed by atoms with Gasteiger partial charge in [0, 0.05) is 11.4 Å². The first kappa shape index (κ1) is 24.1. The highest BCUT2D eigenvalue weighted by Gasteiger charge is 2.22. The molecule has 3 nitrogen and oxygen atoms in total. The van der Waals surface area contributed by atoms with E-state index in [1.54, 1.807) is 30.4 Å². The SMILES string of the molecule is C/C=C(\C=C/C(C)C(C)(C)CC)S(=O)(=O)NCCc1cccs1.CC. The first-order valence-corrected chi connectivity index (χ1v) is 11.5. The number of nitrogens with one attached hydrogen (secondary N) is 1. The van der Waals surface area contributed by atoms with Gasteiger partial charge in [-0.3, -0.25) is 0 Å². The zero-order chi connectivity index (χ0) is 19.5. The van der Waals surface area contributed by atoms with Crippen molar-refractivity contribution < 1.29 is 8.42 Å². The van der Waals surface area contributed by atoms with Crippen LogP contribution >= 0.6 is 11.3 Å². The van der Waals surface area contributed by atoms with E-state index < -0.39 is 10.0 Å². The Morgan fingerprint density at radius 1 is 1.36 bits per heavy atom. The quantitative estimate of drug-likeness (QED) is 0.549. The molecule has 5 heteroatoms. The summed E-state index contributed by atoms with van der Waals surface area (Å²) >= 11 is 1.64. The highest BCUT2D eigenvalue weighted by Crippen LogP contribution is 2.31. The summed E-state index contributed by atoms with van der Waals surface area (Å²) < 4.78 is 27.5. The molecule has 1 heterocycles. The minimum Gasteiger partial charge on any atom is -0.211 e. The van der Waals surface area contributed by atoms with Gasteiger partial charge in [-0.1, -0.05) is 66.2 Å². The van der Waals surface area contributed by atoms with Gasteiger partial charge in [-0.05, 0) is 42.2 Å². The van der Waals surface area contributed by atoms with Crippen molar-refractivity contribution in [1.82, 2.24) is 4.72 Å². The van der Waals surface area contributed by atoms with Crippen molar-refractivity contribution in [2.24, 2.45) is 11.3 Å². The third-order valence-electron chi connectivity index (χ3n) is 4.53. The second kappa shape index (κ2) is 11.7. The maximum absolute atomic E-state index is 12.4. The van der Waals surface area contributed by atoms with Crippen molar-refractivity contribution in [3.05, 3.63) is 45.5 Å². The van der Waals surface area contributed by atoms with E-state index in [0.717, 1.165) is 12.8 Å². The lowest BCUT2D eigenvalue weighted by molar-refractivity contribution is 0.266. The highest BCUT2D eigenvalue weighted by molar-refractivity contribution is 7.93. The first-order chi connectivity index (χ1) is 11.7. The molecular weight excluding hydrogens is 350 g/mol. The van der Waals surface area contributed by atoms with Crippen LogP contribution in [-0.2, 0) is 16.4 Å². The topological polar surface area (TPSA) is 46.2 Å². The second-order valence-corrected chi connectivity index (χ2v) is 9.21. The fourth-order valence-corrected chi connectivity index (χ4v) is 3.82. The highest BCUT2D eigenvalue weighted by atomic mass is 32.2. The summed E-state index contributed by atoms with van der Waals surface area (Å²) in [6.45, 7) is 14.9. The van der Waals surface area contributed by atoms with E-state index in [0.29, 0.717) is 17.4 Å². The zero-order valence-electron chi connectivity index (χ0n) is 16.8. The molecule has 1 rings (SSSR count). The van der Waals surface area contributed by atoms with Crippen LogP contribution in [0.2, 0.25) is 0 Å². The van der Waals surface area contributed by atoms with Gasteiger partial charge < -0.3 is 0 Å². The smallest absolute Gasteiger partial charge is 0.211 e. The number of sulfonamides is 1. The van der Waals surface area contributed by atoms with Crippen LogP contribution in [0, 0.1) is 11.3 Å². The van der Waals surface area contributed by atoms with Crippen LogP contribution in [0.3, 0.4) is 0 Å². The van der Waals surface area contributed by atoms with Gasteiger partial charge in [0.15, 0.2) is 0 Å². The molecule has 0 amide bonds. The molecule has 1 unspecified atom stereocenters. The molecule has 1 aromatic heterocycles. The van der Waals surface area contributed by atoms with E-state index in [9.17, 15) is 8.42 Å². The first-order valence-electron chi connectivity index (χ1n) is 9.09. The van der Waals surface area contributed by atoms with Crippen molar-refractivity contribution in [3.8, 4) is 0 Å². The molecule has 0 aromatic carbocycles. The summed E-state index contributed by atoms with van der Waals surface area (Å²) in [5.74, 6) is 0.309. The average molecular weight is 386 g/mol. The van der Waals surface area contributed by atoms with E-state index in [1.165, 1.54) is 4.88 Å². The standard InChI is InChI=1S/C18H29NO2S2.C2H6/c1-6-17(11-10-15(3)18(4,5)7-2)23(20,21)19-13-12-16-9-8-14-22-16;1-2/h6,8-11,14-15,19H,7,12-13H2,1-5H3;1-2H3/b11-10-,17-6+;. The van der Waals surface area contributed by atoms with Gasteiger partial charge in [-0.2, -0.15) is 0 Å². The largest absolute Gasteiger partial charge is 0.240 e. The molecule has 0 aliphatic rings. The number of hydrogen-bond donors (Lipinski definition) is 1. The molecule has 0 fully saturated rings. The van der Waals surface area contributed by atoms with Crippen LogP contribution in [0.25, 0.3) is 0 Å². The van der Waals surface area contributed by atoms with E-state index in [4.69, 9.17) is 0 Å². The molecule has 0 aliphatic heterocycles. The predicted molar refractivity (Wildman–Crippen MR) is 112 cm³/mol. The monoisotopic (exact) mass is 385 g/mol. The number of hydrogen-bond acceptors (Lipinski definition) is 3.